The van der Waals surface area contributed by atoms with Crippen LogP contribution in [0.5, 0.6) is 11.5 Å². The van der Waals surface area contributed by atoms with Crippen LogP contribution >= 0.6 is 11.8 Å². The van der Waals surface area contributed by atoms with Crippen LogP contribution in [0.2, 0.25) is 0 Å². The topological polar surface area (TPSA) is 143 Å². The minimum atomic E-state index is -1.08. The predicted molar refractivity (Wildman–Crippen MR) is 174 cm³/mol. The quantitative estimate of drug-likeness (QED) is 0.112. The Balaban J connectivity index is 1.48. The third-order valence-electron chi connectivity index (χ3n) is 6.43. The average Bonchev–Trinajstić information content (AvgIpc) is 3.05. The van der Waals surface area contributed by atoms with Crippen LogP contribution < -0.4 is 25.4 Å². The second kappa shape index (κ2) is 15.3. The molecule has 10 nitrogen and oxygen atoms in total. The third-order valence-corrected chi connectivity index (χ3v) is 7.55. The van der Waals surface area contributed by atoms with E-state index in [0.29, 0.717) is 34.0 Å². The Morgan fingerprint density at radius 2 is 1.47 bits per heavy atom. The Morgan fingerprint density at radius 3 is 2.13 bits per heavy atom. The Labute approximate surface area is 264 Å². The number of carboxylic acid groups (broad SMARTS) is 1. The lowest BCUT2D eigenvalue weighted by Gasteiger charge is -2.15. The lowest BCUT2D eigenvalue weighted by molar-refractivity contribution is -0.115. The number of rotatable bonds is 12. The number of para-hydroxylation sites is 1. The average molecular weight is 626 g/mol. The first-order valence-corrected chi connectivity index (χ1v) is 14.6. The number of ether oxygens (including phenoxy) is 2. The van der Waals surface area contributed by atoms with Gasteiger partial charge in [0.15, 0.2) is 11.5 Å². The zero-order valence-corrected chi connectivity index (χ0v) is 25.5. The van der Waals surface area contributed by atoms with Gasteiger partial charge in [-0.05, 0) is 73.7 Å². The molecule has 45 heavy (non-hydrogen) atoms. The number of anilines is 2. The van der Waals surface area contributed by atoms with E-state index in [-0.39, 0.29) is 17.2 Å². The number of aromatic carboxylic acids is 1. The summed E-state index contributed by atoms with van der Waals surface area (Å²) in [5.41, 5.74) is 1.80. The number of hydrogen-bond donors (Lipinski definition) is 4. The number of nitrogens with one attached hydrogen (secondary N) is 3. The molecule has 0 saturated carbocycles. The highest BCUT2D eigenvalue weighted by atomic mass is 32.2. The molecule has 0 saturated heterocycles. The highest BCUT2D eigenvalue weighted by Gasteiger charge is 2.19. The first-order valence-electron chi connectivity index (χ1n) is 13.7. The van der Waals surface area contributed by atoms with E-state index in [1.54, 1.807) is 91.9 Å². The van der Waals surface area contributed by atoms with E-state index in [1.165, 1.54) is 44.2 Å². The Morgan fingerprint density at radius 1 is 0.778 bits per heavy atom. The number of carbonyl (C=O) groups is 4. The van der Waals surface area contributed by atoms with Gasteiger partial charge in [-0.15, -0.1) is 11.8 Å². The van der Waals surface area contributed by atoms with Crippen molar-refractivity contribution in [2.24, 2.45) is 0 Å². The third kappa shape index (κ3) is 8.74. The van der Waals surface area contributed by atoms with Gasteiger partial charge in [0, 0.05) is 27.4 Å². The molecular weight excluding hydrogens is 594 g/mol. The fourth-order valence-corrected chi connectivity index (χ4v) is 5.04. The molecule has 4 N–H and O–H groups in total. The van der Waals surface area contributed by atoms with E-state index in [4.69, 9.17) is 9.47 Å². The van der Waals surface area contributed by atoms with Gasteiger partial charge in [0.2, 0.25) is 5.91 Å². The van der Waals surface area contributed by atoms with Crippen molar-refractivity contribution in [3.8, 4) is 11.5 Å². The maximum Gasteiger partial charge on any atom is 0.335 e. The van der Waals surface area contributed by atoms with Crippen molar-refractivity contribution in [2.75, 3.05) is 24.9 Å². The zero-order chi connectivity index (χ0) is 32.3. The highest BCUT2D eigenvalue weighted by molar-refractivity contribution is 8.00. The van der Waals surface area contributed by atoms with E-state index in [2.05, 4.69) is 16.0 Å². The van der Waals surface area contributed by atoms with E-state index in [1.807, 2.05) is 0 Å². The first-order chi connectivity index (χ1) is 21.7. The zero-order valence-electron chi connectivity index (χ0n) is 24.7. The van der Waals surface area contributed by atoms with Crippen LogP contribution in [0.3, 0.4) is 0 Å². The second-order valence-corrected chi connectivity index (χ2v) is 11.0. The molecule has 4 aromatic rings. The standard InChI is InChI=1S/C34H31N3O7S/c1-21(31(38)36-26-13-7-12-24(19-26)34(41)42)45-27-17-15-25(16-18-27)35-33(40)28(37-32(39)22-9-5-4-6-10-22)20-23-11-8-14-29(43-2)30(23)44-3/h4-21H,1-3H3,(H,35,40)(H,36,38)(H,37,39)(H,41,42)/b28-20-. The smallest absolute Gasteiger partial charge is 0.335 e. The summed E-state index contributed by atoms with van der Waals surface area (Å²) in [6, 6.07) is 26.6. The highest BCUT2D eigenvalue weighted by Crippen LogP contribution is 2.32. The second-order valence-electron chi connectivity index (χ2n) is 9.57. The molecule has 4 rings (SSSR count). The first kappa shape index (κ1) is 32.4. The van der Waals surface area contributed by atoms with Gasteiger partial charge in [0.25, 0.3) is 11.8 Å². The van der Waals surface area contributed by atoms with Crippen molar-refractivity contribution < 1.29 is 33.8 Å². The Bertz CT molecular complexity index is 1720. The van der Waals surface area contributed by atoms with Crippen LogP contribution in [-0.2, 0) is 9.59 Å². The molecular formula is C34H31N3O7S. The fourth-order valence-electron chi connectivity index (χ4n) is 4.17. The van der Waals surface area contributed by atoms with Gasteiger partial charge >= 0.3 is 5.97 Å². The molecule has 0 aromatic heterocycles. The van der Waals surface area contributed by atoms with Crippen LogP contribution in [0.25, 0.3) is 6.08 Å². The van der Waals surface area contributed by atoms with Gasteiger partial charge in [0.05, 0.1) is 25.0 Å². The molecule has 0 aliphatic heterocycles. The molecule has 0 aliphatic carbocycles. The van der Waals surface area contributed by atoms with E-state index in [0.717, 1.165) is 4.90 Å². The predicted octanol–water partition coefficient (Wildman–Crippen LogP) is 5.93. The van der Waals surface area contributed by atoms with Crippen molar-refractivity contribution in [3.63, 3.8) is 0 Å². The van der Waals surface area contributed by atoms with E-state index in [9.17, 15) is 24.3 Å². The molecule has 1 atom stereocenters. The Hall–Kier alpha value is -5.55. The van der Waals surface area contributed by atoms with Gasteiger partial charge in [-0.2, -0.15) is 0 Å². The molecule has 230 valence electrons. The van der Waals surface area contributed by atoms with Crippen molar-refractivity contribution in [3.05, 3.63) is 119 Å². The van der Waals surface area contributed by atoms with Crippen molar-refractivity contribution in [1.82, 2.24) is 5.32 Å². The summed E-state index contributed by atoms with van der Waals surface area (Å²) in [6.07, 6.45) is 1.51. The van der Waals surface area contributed by atoms with Gasteiger partial charge in [-0.3, -0.25) is 14.4 Å². The molecule has 0 radical (unpaired) electrons. The summed E-state index contributed by atoms with van der Waals surface area (Å²) in [7, 11) is 2.99. The number of benzene rings is 4. The maximum absolute atomic E-state index is 13.5. The lowest BCUT2D eigenvalue weighted by atomic mass is 10.1. The normalized spacial score (nSPS) is 11.6. The minimum Gasteiger partial charge on any atom is -0.493 e. The molecule has 0 spiro atoms. The molecule has 0 aliphatic rings. The maximum atomic E-state index is 13.5. The molecule has 4 aromatic carbocycles. The summed E-state index contributed by atoms with van der Waals surface area (Å²) in [4.78, 5) is 51.2. The van der Waals surface area contributed by atoms with Gasteiger partial charge in [-0.1, -0.05) is 36.4 Å². The number of amides is 3. The van der Waals surface area contributed by atoms with Crippen LogP contribution in [0.15, 0.2) is 108 Å². The lowest BCUT2D eigenvalue weighted by Crippen LogP contribution is -2.30. The number of hydrogen-bond acceptors (Lipinski definition) is 7. The van der Waals surface area contributed by atoms with Gasteiger partial charge in [-0.25, -0.2) is 4.79 Å². The van der Waals surface area contributed by atoms with E-state index < -0.39 is 23.0 Å². The van der Waals surface area contributed by atoms with Crippen LogP contribution in [-0.4, -0.2) is 48.3 Å². The van der Waals surface area contributed by atoms with Crippen LogP contribution in [0, 0.1) is 0 Å². The van der Waals surface area contributed by atoms with E-state index >= 15 is 0 Å². The van der Waals surface area contributed by atoms with Gasteiger partial charge < -0.3 is 30.5 Å². The molecule has 0 fully saturated rings. The number of methoxy groups -OCH3 is 2. The summed E-state index contributed by atoms with van der Waals surface area (Å²) in [6.45, 7) is 1.73. The molecule has 11 heteroatoms. The number of carboxylic acids is 1. The van der Waals surface area contributed by atoms with Crippen molar-refractivity contribution >= 4 is 52.9 Å². The van der Waals surface area contributed by atoms with Crippen molar-refractivity contribution in [2.45, 2.75) is 17.1 Å². The fraction of sp³-hybridized carbons (Fsp3) is 0.118. The summed E-state index contributed by atoms with van der Waals surface area (Å²) in [5, 5.41) is 16.9. The van der Waals surface area contributed by atoms with Crippen molar-refractivity contribution in [1.29, 1.82) is 0 Å². The monoisotopic (exact) mass is 625 g/mol. The number of thioether (sulfide) groups is 1. The largest absolute Gasteiger partial charge is 0.493 e. The summed E-state index contributed by atoms with van der Waals surface area (Å²) >= 11 is 1.30. The number of carbonyl (C=O) groups excluding carboxylic acids is 3. The summed E-state index contributed by atoms with van der Waals surface area (Å²) < 4.78 is 10.9. The molecule has 3 amide bonds. The molecule has 0 bridgehead atoms. The Kier molecular flexibility index (Phi) is 11.0. The minimum absolute atomic E-state index is 0.0221. The van der Waals surface area contributed by atoms with Crippen LogP contribution in [0.4, 0.5) is 11.4 Å². The summed E-state index contributed by atoms with van der Waals surface area (Å²) in [5.74, 6) is -1.55. The molecule has 1 unspecified atom stereocenters. The molecule has 0 heterocycles. The SMILES string of the molecule is COc1cccc(/C=C(\NC(=O)c2ccccc2)C(=O)Nc2ccc(SC(C)C(=O)Nc3cccc(C(=O)O)c3)cc2)c1OC. The van der Waals surface area contributed by atoms with Gasteiger partial charge in [0.1, 0.15) is 5.70 Å². The van der Waals surface area contributed by atoms with Crippen LogP contribution in [0.1, 0.15) is 33.2 Å².